The van der Waals surface area contributed by atoms with Gasteiger partial charge in [0.05, 0.1) is 0 Å². The molecule has 0 saturated heterocycles. The lowest BCUT2D eigenvalue weighted by atomic mass is 10.2. The first-order valence-electron chi connectivity index (χ1n) is 6.43. The second-order valence-corrected chi connectivity index (χ2v) is 5.01. The van der Waals surface area contributed by atoms with Gasteiger partial charge in [-0.25, -0.2) is 14.4 Å². The number of anilines is 1. The van der Waals surface area contributed by atoms with Crippen LogP contribution in [-0.4, -0.2) is 9.97 Å². The van der Waals surface area contributed by atoms with Gasteiger partial charge in [0.2, 0.25) is 0 Å². The van der Waals surface area contributed by atoms with E-state index in [-0.39, 0.29) is 5.82 Å². The average Bonchev–Trinajstić information content (AvgIpc) is 2.83. The molecule has 0 fully saturated rings. The summed E-state index contributed by atoms with van der Waals surface area (Å²) in [6, 6.07) is 8.41. The average molecular weight is 289 g/mol. The van der Waals surface area contributed by atoms with Crippen LogP contribution in [0.2, 0.25) is 0 Å². The molecule has 0 amide bonds. The van der Waals surface area contributed by atoms with Crippen molar-refractivity contribution in [2.45, 2.75) is 20.8 Å². The third-order valence-electron chi connectivity index (χ3n) is 2.62. The van der Waals surface area contributed by atoms with E-state index in [1.807, 2.05) is 32.9 Å². The van der Waals surface area contributed by atoms with Crippen molar-refractivity contribution in [3.05, 3.63) is 41.8 Å². The molecule has 2 heterocycles. The number of aryl methyl sites for hydroxylation is 1. The van der Waals surface area contributed by atoms with Crippen molar-refractivity contribution < 1.29 is 4.39 Å². The van der Waals surface area contributed by atoms with E-state index >= 15 is 0 Å². The van der Waals surface area contributed by atoms with Crippen molar-refractivity contribution in [3.63, 3.8) is 0 Å². The molecule has 20 heavy (non-hydrogen) atoms. The number of pyridine rings is 1. The Morgan fingerprint density at radius 2 is 1.85 bits per heavy atom. The number of hydrogen-bond acceptors (Lipinski definition) is 4. The quantitative estimate of drug-likeness (QED) is 0.675. The number of hydrogen-bond donors (Lipinski definition) is 1. The zero-order valence-electron chi connectivity index (χ0n) is 11.6. The van der Waals surface area contributed by atoms with Crippen LogP contribution in [0.5, 0.6) is 0 Å². The highest BCUT2D eigenvalue weighted by Gasteiger charge is 2.11. The molecule has 0 aliphatic rings. The first-order chi connectivity index (χ1) is 9.63. The lowest BCUT2D eigenvalue weighted by Gasteiger charge is -1.99. The molecule has 0 aliphatic heterocycles. The Balaban J connectivity index is 0.000000704. The number of aromatic nitrogens is 2. The van der Waals surface area contributed by atoms with Gasteiger partial charge in [-0.15, -0.1) is 0 Å². The molecular formula is C15H16FN3S. The highest BCUT2D eigenvalue weighted by molar-refractivity contribution is 7.21. The summed E-state index contributed by atoms with van der Waals surface area (Å²) >= 11 is 1.38. The van der Waals surface area contributed by atoms with Crippen LogP contribution in [-0.2, 0) is 0 Å². The van der Waals surface area contributed by atoms with Crippen molar-refractivity contribution in [1.82, 2.24) is 9.97 Å². The Labute approximate surface area is 121 Å². The summed E-state index contributed by atoms with van der Waals surface area (Å²) in [7, 11) is 0. The van der Waals surface area contributed by atoms with Gasteiger partial charge in [0.1, 0.15) is 21.2 Å². The number of fused-ring (bicyclic) bond motifs is 1. The van der Waals surface area contributed by atoms with E-state index in [1.54, 1.807) is 12.1 Å². The van der Waals surface area contributed by atoms with E-state index in [0.29, 0.717) is 16.3 Å². The molecule has 0 saturated carbocycles. The molecule has 3 aromatic rings. The molecule has 0 aliphatic carbocycles. The lowest BCUT2D eigenvalue weighted by molar-refractivity contribution is 0.632. The Morgan fingerprint density at radius 3 is 2.55 bits per heavy atom. The van der Waals surface area contributed by atoms with Crippen LogP contribution in [0.25, 0.3) is 20.9 Å². The van der Waals surface area contributed by atoms with Crippen LogP contribution in [0.4, 0.5) is 10.1 Å². The number of benzene rings is 1. The van der Waals surface area contributed by atoms with Gasteiger partial charge < -0.3 is 5.73 Å². The van der Waals surface area contributed by atoms with E-state index in [4.69, 9.17) is 5.73 Å². The maximum Gasteiger partial charge on any atom is 0.144 e. The molecule has 0 atom stereocenters. The normalized spacial score (nSPS) is 10.2. The summed E-state index contributed by atoms with van der Waals surface area (Å²) in [5.41, 5.74) is 8.12. The molecule has 0 unspecified atom stereocenters. The van der Waals surface area contributed by atoms with Crippen molar-refractivity contribution in [2.75, 3.05) is 5.73 Å². The molecular weight excluding hydrogens is 273 g/mol. The molecule has 104 valence electrons. The van der Waals surface area contributed by atoms with Gasteiger partial charge in [0, 0.05) is 16.9 Å². The molecule has 0 spiro atoms. The third kappa shape index (κ3) is 2.77. The van der Waals surface area contributed by atoms with Gasteiger partial charge in [0.15, 0.2) is 0 Å². The van der Waals surface area contributed by atoms with Crippen LogP contribution in [0.15, 0.2) is 30.3 Å². The standard InChI is InChI=1S/C13H10FN3S.C2H6/c1-7-2-5-11-13(16-7)18-12(17-11)9-4-3-8(15)6-10(9)14;1-2/h2-6H,15H2,1H3;1-2H3. The minimum atomic E-state index is -0.356. The van der Waals surface area contributed by atoms with Crippen molar-refractivity contribution in [2.24, 2.45) is 0 Å². The number of halogens is 1. The topological polar surface area (TPSA) is 51.8 Å². The maximum atomic E-state index is 13.8. The van der Waals surface area contributed by atoms with Gasteiger partial charge in [0.25, 0.3) is 0 Å². The molecule has 2 aromatic heterocycles. The third-order valence-corrected chi connectivity index (χ3v) is 3.62. The Bertz CT molecular complexity index is 737. The van der Waals surface area contributed by atoms with Gasteiger partial charge in [-0.05, 0) is 37.3 Å². The Morgan fingerprint density at radius 1 is 1.10 bits per heavy atom. The molecule has 3 nitrogen and oxygen atoms in total. The zero-order chi connectivity index (χ0) is 14.7. The molecule has 0 radical (unpaired) electrons. The van der Waals surface area contributed by atoms with Crippen molar-refractivity contribution in [1.29, 1.82) is 0 Å². The summed E-state index contributed by atoms with van der Waals surface area (Å²) in [6.45, 7) is 5.92. The second kappa shape index (κ2) is 5.96. The number of nitrogen functional groups attached to an aromatic ring is 1. The van der Waals surface area contributed by atoms with Crippen molar-refractivity contribution in [3.8, 4) is 10.6 Å². The van der Waals surface area contributed by atoms with E-state index < -0.39 is 0 Å². The zero-order valence-corrected chi connectivity index (χ0v) is 12.5. The van der Waals surface area contributed by atoms with Crippen LogP contribution in [0, 0.1) is 12.7 Å². The largest absolute Gasteiger partial charge is 0.399 e. The van der Waals surface area contributed by atoms with Crippen LogP contribution >= 0.6 is 11.3 Å². The maximum absolute atomic E-state index is 13.8. The Hall–Kier alpha value is -2.01. The second-order valence-electron chi connectivity index (χ2n) is 4.04. The van der Waals surface area contributed by atoms with Gasteiger partial charge in [-0.1, -0.05) is 25.2 Å². The van der Waals surface area contributed by atoms with Gasteiger partial charge in [-0.3, -0.25) is 0 Å². The van der Waals surface area contributed by atoms with Gasteiger partial charge >= 0.3 is 0 Å². The molecule has 2 N–H and O–H groups in total. The first kappa shape index (κ1) is 14.4. The number of nitrogens with two attached hydrogens (primary N) is 1. The summed E-state index contributed by atoms with van der Waals surface area (Å²) < 4.78 is 13.8. The lowest BCUT2D eigenvalue weighted by Crippen LogP contribution is -1.88. The summed E-state index contributed by atoms with van der Waals surface area (Å²) in [5.74, 6) is -0.356. The predicted molar refractivity (Wildman–Crippen MR) is 83.3 cm³/mol. The summed E-state index contributed by atoms with van der Waals surface area (Å²) in [5, 5.41) is 0.626. The Kier molecular flexibility index (Phi) is 4.29. The predicted octanol–water partition coefficient (Wildman–Crippen LogP) is 4.41. The van der Waals surface area contributed by atoms with E-state index in [0.717, 1.165) is 16.0 Å². The van der Waals surface area contributed by atoms with E-state index in [1.165, 1.54) is 17.4 Å². The number of thiazole rings is 1. The van der Waals surface area contributed by atoms with Gasteiger partial charge in [-0.2, -0.15) is 0 Å². The fourth-order valence-electron chi connectivity index (χ4n) is 1.73. The smallest absolute Gasteiger partial charge is 0.144 e. The molecule has 1 aromatic carbocycles. The summed E-state index contributed by atoms with van der Waals surface area (Å²) in [6.07, 6.45) is 0. The molecule has 3 rings (SSSR count). The van der Waals surface area contributed by atoms with Crippen LogP contribution in [0.3, 0.4) is 0 Å². The highest BCUT2D eigenvalue weighted by Crippen LogP contribution is 2.31. The fraction of sp³-hybridized carbons (Fsp3) is 0.200. The SMILES string of the molecule is CC.Cc1ccc2nc(-c3ccc(N)cc3F)sc2n1. The summed E-state index contributed by atoms with van der Waals surface area (Å²) in [4.78, 5) is 9.59. The van der Waals surface area contributed by atoms with Crippen molar-refractivity contribution >= 4 is 27.4 Å². The molecule has 5 heteroatoms. The monoisotopic (exact) mass is 289 g/mol. The highest BCUT2D eigenvalue weighted by atomic mass is 32.1. The van der Waals surface area contributed by atoms with E-state index in [9.17, 15) is 4.39 Å². The first-order valence-corrected chi connectivity index (χ1v) is 7.25. The minimum Gasteiger partial charge on any atom is -0.399 e. The van der Waals surface area contributed by atoms with Crippen LogP contribution < -0.4 is 5.73 Å². The number of rotatable bonds is 1. The van der Waals surface area contributed by atoms with E-state index in [2.05, 4.69) is 9.97 Å². The minimum absolute atomic E-state index is 0.356. The fourth-order valence-corrected chi connectivity index (χ4v) is 2.74. The number of nitrogens with zero attached hydrogens (tertiary/aromatic N) is 2. The van der Waals surface area contributed by atoms with Crippen LogP contribution in [0.1, 0.15) is 19.5 Å². The molecule has 0 bridgehead atoms.